The third-order valence-corrected chi connectivity index (χ3v) is 4.52. The van der Waals surface area contributed by atoms with Gasteiger partial charge in [-0.15, -0.1) is 0 Å². The van der Waals surface area contributed by atoms with Crippen LogP contribution in [0.25, 0.3) is 0 Å². The molecule has 1 aliphatic rings. The van der Waals surface area contributed by atoms with Gasteiger partial charge >= 0.3 is 0 Å². The molecule has 0 unspecified atom stereocenters. The number of sulfonamides is 1. The first-order chi connectivity index (χ1) is 9.49. The van der Waals surface area contributed by atoms with Crippen LogP contribution in [0.4, 0.5) is 5.69 Å². The molecule has 0 atom stereocenters. The van der Waals surface area contributed by atoms with Gasteiger partial charge in [0.25, 0.3) is 0 Å². The molecule has 2 N–H and O–H groups in total. The van der Waals surface area contributed by atoms with E-state index in [1.165, 1.54) is 0 Å². The van der Waals surface area contributed by atoms with Crippen LogP contribution >= 0.6 is 0 Å². The molecule has 0 spiro atoms. The van der Waals surface area contributed by atoms with Gasteiger partial charge in [0.2, 0.25) is 10.0 Å². The third-order valence-electron chi connectivity index (χ3n) is 2.94. The van der Waals surface area contributed by atoms with E-state index in [4.69, 9.17) is 4.74 Å². The Hall–Kier alpha value is -1.11. The number of rotatable bonds is 8. The van der Waals surface area contributed by atoms with Crippen molar-refractivity contribution in [2.75, 3.05) is 18.5 Å². The molecule has 0 amide bonds. The van der Waals surface area contributed by atoms with E-state index in [9.17, 15) is 8.42 Å². The second-order valence-electron chi connectivity index (χ2n) is 5.24. The zero-order chi connectivity index (χ0) is 14.6. The summed E-state index contributed by atoms with van der Waals surface area (Å²) in [7, 11) is -3.43. The fourth-order valence-electron chi connectivity index (χ4n) is 1.81. The Morgan fingerprint density at radius 2 is 2.00 bits per heavy atom. The van der Waals surface area contributed by atoms with Crippen LogP contribution in [0.15, 0.2) is 29.2 Å². The van der Waals surface area contributed by atoms with E-state index in [1.54, 1.807) is 18.2 Å². The van der Waals surface area contributed by atoms with Gasteiger partial charge in [0, 0.05) is 12.6 Å². The van der Waals surface area contributed by atoms with Crippen LogP contribution in [-0.2, 0) is 14.8 Å². The lowest BCUT2D eigenvalue weighted by Gasteiger charge is -2.14. The van der Waals surface area contributed by atoms with Crippen molar-refractivity contribution in [2.45, 2.75) is 43.7 Å². The number of nitrogens with one attached hydrogen (secondary N) is 2. The number of hydrogen-bond acceptors (Lipinski definition) is 4. The molecule has 1 aromatic rings. The van der Waals surface area contributed by atoms with E-state index in [0.29, 0.717) is 23.7 Å². The van der Waals surface area contributed by atoms with Crippen molar-refractivity contribution >= 4 is 15.7 Å². The normalized spacial score (nSPS) is 15.6. The predicted molar refractivity (Wildman–Crippen MR) is 79.4 cm³/mol. The summed E-state index contributed by atoms with van der Waals surface area (Å²) in [6.45, 7) is 5.06. The minimum atomic E-state index is -3.43. The van der Waals surface area contributed by atoms with Crippen LogP contribution in [-0.4, -0.2) is 33.7 Å². The van der Waals surface area contributed by atoms with Crippen LogP contribution in [0.3, 0.4) is 0 Å². The number of ether oxygens (including phenoxy) is 1. The smallest absolute Gasteiger partial charge is 0.242 e. The first kappa shape index (κ1) is 15.3. The minimum Gasteiger partial charge on any atom is -0.382 e. The summed E-state index contributed by atoms with van der Waals surface area (Å²) >= 11 is 0. The van der Waals surface area contributed by atoms with E-state index in [-0.39, 0.29) is 12.1 Å². The highest BCUT2D eigenvalue weighted by molar-refractivity contribution is 7.89. The lowest BCUT2D eigenvalue weighted by atomic mass is 10.3. The maximum absolute atomic E-state index is 12.3. The standard InChI is InChI=1S/C14H22N2O3S/c1-11(2)19-10-9-15-13-5-3-4-6-14(13)20(17,18)16-12-7-8-12/h3-6,11-12,15-16H,7-10H2,1-2H3. The van der Waals surface area contributed by atoms with Gasteiger partial charge in [0.1, 0.15) is 4.90 Å². The van der Waals surface area contributed by atoms with E-state index < -0.39 is 10.0 Å². The molecular formula is C14H22N2O3S. The van der Waals surface area contributed by atoms with Crippen LogP contribution in [0.1, 0.15) is 26.7 Å². The predicted octanol–water partition coefficient (Wildman–Crippen LogP) is 1.96. The third kappa shape index (κ3) is 4.47. The molecule has 0 radical (unpaired) electrons. The molecule has 0 saturated heterocycles. The average Bonchev–Trinajstić information content (AvgIpc) is 3.18. The van der Waals surface area contributed by atoms with Crippen molar-refractivity contribution in [3.63, 3.8) is 0 Å². The molecule has 0 heterocycles. The molecule has 112 valence electrons. The van der Waals surface area contributed by atoms with Crippen LogP contribution in [0.5, 0.6) is 0 Å². The Bertz CT molecular complexity index is 539. The lowest BCUT2D eigenvalue weighted by molar-refractivity contribution is 0.0870. The summed E-state index contributed by atoms with van der Waals surface area (Å²) in [6, 6.07) is 7.06. The molecule has 1 aliphatic carbocycles. The van der Waals surface area contributed by atoms with E-state index in [2.05, 4.69) is 10.0 Å². The Kier molecular flexibility index (Phi) is 5.01. The average molecular weight is 298 g/mol. The summed E-state index contributed by atoms with van der Waals surface area (Å²) in [6.07, 6.45) is 2.03. The topological polar surface area (TPSA) is 67.4 Å². The maximum Gasteiger partial charge on any atom is 0.242 e. The van der Waals surface area contributed by atoms with Crippen molar-refractivity contribution in [3.8, 4) is 0 Å². The fraction of sp³-hybridized carbons (Fsp3) is 0.571. The van der Waals surface area contributed by atoms with Gasteiger partial charge in [-0.1, -0.05) is 12.1 Å². The SMILES string of the molecule is CC(C)OCCNc1ccccc1S(=O)(=O)NC1CC1. The van der Waals surface area contributed by atoms with Crippen molar-refractivity contribution in [2.24, 2.45) is 0 Å². The molecule has 1 fully saturated rings. The lowest BCUT2D eigenvalue weighted by Crippen LogP contribution is -2.26. The second kappa shape index (κ2) is 6.56. The first-order valence-corrected chi connectivity index (χ1v) is 8.44. The van der Waals surface area contributed by atoms with Crippen molar-refractivity contribution in [3.05, 3.63) is 24.3 Å². The largest absolute Gasteiger partial charge is 0.382 e. The van der Waals surface area contributed by atoms with Crippen LogP contribution in [0.2, 0.25) is 0 Å². The molecule has 2 rings (SSSR count). The van der Waals surface area contributed by atoms with Gasteiger partial charge in [-0.2, -0.15) is 0 Å². The number of anilines is 1. The summed E-state index contributed by atoms with van der Waals surface area (Å²) in [5.41, 5.74) is 0.619. The molecular weight excluding hydrogens is 276 g/mol. The Labute approximate surface area is 120 Å². The quantitative estimate of drug-likeness (QED) is 0.720. The fourth-order valence-corrected chi connectivity index (χ4v) is 3.30. The van der Waals surface area contributed by atoms with E-state index >= 15 is 0 Å². The molecule has 6 heteroatoms. The molecule has 20 heavy (non-hydrogen) atoms. The molecule has 1 saturated carbocycles. The molecule has 0 aliphatic heterocycles. The Balaban J connectivity index is 2.01. The first-order valence-electron chi connectivity index (χ1n) is 6.96. The Morgan fingerprint density at radius 3 is 2.65 bits per heavy atom. The van der Waals surface area contributed by atoms with Crippen LogP contribution < -0.4 is 10.0 Å². The van der Waals surface area contributed by atoms with Gasteiger partial charge in [-0.05, 0) is 38.8 Å². The highest BCUT2D eigenvalue weighted by Gasteiger charge is 2.29. The highest BCUT2D eigenvalue weighted by Crippen LogP contribution is 2.25. The van der Waals surface area contributed by atoms with Gasteiger partial charge < -0.3 is 10.1 Å². The van der Waals surface area contributed by atoms with E-state index in [0.717, 1.165) is 12.8 Å². The number of hydrogen-bond donors (Lipinski definition) is 2. The van der Waals surface area contributed by atoms with Crippen molar-refractivity contribution < 1.29 is 13.2 Å². The summed E-state index contributed by atoms with van der Waals surface area (Å²) in [5.74, 6) is 0. The summed E-state index contributed by atoms with van der Waals surface area (Å²) < 4.78 is 32.7. The zero-order valence-electron chi connectivity index (χ0n) is 11.9. The minimum absolute atomic E-state index is 0.109. The summed E-state index contributed by atoms with van der Waals surface area (Å²) in [4.78, 5) is 0.302. The number of benzene rings is 1. The van der Waals surface area contributed by atoms with Crippen molar-refractivity contribution in [1.82, 2.24) is 4.72 Å². The zero-order valence-corrected chi connectivity index (χ0v) is 12.7. The summed E-state index contributed by atoms with van der Waals surface area (Å²) in [5, 5.41) is 3.12. The van der Waals surface area contributed by atoms with Gasteiger partial charge in [-0.3, -0.25) is 0 Å². The second-order valence-corrected chi connectivity index (χ2v) is 6.92. The highest BCUT2D eigenvalue weighted by atomic mass is 32.2. The Morgan fingerprint density at radius 1 is 1.30 bits per heavy atom. The molecule has 5 nitrogen and oxygen atoms in total. The van der Waals surface area contributed by atoms with Gasteiger partial charge in [0.15, 0.2) is 0 Å². The van der Waals surface area contributed by atoms with Crippen molar-refractivity contribution in [1.29, 1.82) is 0 Å². The van der Waals surface area contributed by atoms with Crippen LogP contribution in [0, 0.1) is 0 Å². The number of para-hydroxylation sites is 1. The molecule has 0 bridgehead atoms. The molecule has 1 aromatic carbocycles. The van der Waals surface area contributed by atoms with E-state index in [1.807, 2.05) is 19.9 Å². The van der Waals surface area contributed by atoms with Gasteiger partial charge in [0.05, 0.1) is 18.4 Å². The molecule has 0 aromatic heterocycles. The van der Waals surface area contributed by atoms with Gasteiger partial charge in [-0.25, -0.2) is 13.1 Å². The maximum atomic E-state index is 12.3. The monoisotopic (exact) mass is 298 g/mol.